The molecule has 0 radical (unpaired) electrons. The first-order chi connectivity index (χ1) is 25.8. The lowest BCUT2D eigenvalue weighted by Crippen LogP contribution is -2.35. The Hall–Kier alpha value is -6.91. The molecule has 0 N–H and O–H groups in total. The van der Waals surface area contributed by atoms with Crippen LogP contribution in [0.15, 0.2) is 176 Å². The molecule has 0 amide bonds. The maximum Gasteiger partial charge on any atom is 0.160 e. The SMILES string of the molecule is C1=Cc2ccc(-c3cc(-c4ccccc4)nc(-c4ccc(-c5cccnc5)cc4)n3)cc2C2(c3ccccc31)c1ccccc1Oc1ccccc12. The molecule has 0 saturated carbocycles. The molecule has 0 fully saturated rings. The van der Waals surface area contributed by atoms with E-state index in [1.807, 2.05) is 18.3 Å². The number of pyridine rings is 1. The van der Waals surface area contributed by atoms with E-state index in [1.54, 1.807) is 6.20 Å². The van der Waals surface area contributed by atoms with Crippen molar-refractivity contribution >= 4 is 12.2 Å². The minimum Gasteiger partial charge on any atom is -0.457 e. The van der Waals surface area contributed by atoms with Crippen molar-refractivity contribution in [2.75, 3.05) is 0 Å². The molecule has 2 aliphatic rings. The number of fused-ring (bicyclic) bond motifs is 8. The smallest absolute Gasteiger partial charge is 0.160 e. The molecule has 2 aromatic heterocycles. The average Bonchev–Trinajstić information content (AvgIpc) is 3.36. The quantitative estimate of drug-likeness (QED) is 0.188. The molecule has 4 heteroatoms. The number of ether oxygens (including phenoxy) is 1. The Bertz CT molecular complexity index is 2600. The van der Waals surface area contributed by atoms with Gasteiger partial charge in [-0.3, -0.25) is 4.98 Å². The summed E-state index contributed by atoms with van der Waals surface area (Å²) in [6, 6.07) is 57.3. The molecule has 0 bridgehead atoms. The Morgan fingerprint density at radius 1 is 0.404 bits per heavy atom. The minimum atomic E-state index is -0.642. The van der Waals surface area contributed by atoms with Crippen molar-refractivity contribution in [2.45, 2.75) is 5.41 Å². The zero-order valence-electron chi connectivity index (χ0n) is 28.1. The normalized spacial score (nSPS) is 13.2. The van der Waals surface area contributed by atoms with Gasteiger partial charge < -0.3 is 4.74 Å². The lowest BCUT2D eigenvalue weighted by atomic mass is 9.62. The molecule has 3 heterocycles. The van der Waals surface area contributed by atoms with Crippen LogP contribution in [0.4, 0.5) is 0 Å². The summed E-state index contributed by atoms with van der Waals surface area (Å²) in [6.07, 6.45) is 8.17. The molecule has 1 spiro atoms. The minimum absolute atomic E-state index is 0.642. The molecule has 52 heavy (non-hydrogen) atoms. The molecule has 0 unspecified atom stereocenters. The Labute approximate surface area is 302 Å². The van der Waals surface area contributed by atoms with Gasteiger partial charge in [0.25, 0.3) is 0 Å². The average molecular weight is 666 g/mol. The van der Waals surface area contributed by atoms with Crippen LogP contribution in [0.1, 0.15) is 33.4 Å². The molecule has 10 rings (SSSR count). The zero-order chi connectivity index (χ0) is 34.5. The molecule has 0 saturated heterocycles. The fourth-order valence-corrected chi connectivity index (χ4v) is 7.90. The van der Waals surface area contributed by atoms with Crippen molar-refractivity contribution in [1.82, 2.24) is 15.0 Å². The van der Waals surface area contributed by atoms with E-state index in [0.717, 1.165) is 67.4 Å². The summed E-state index contributed by atoms with van der Waals surface area (Å²) in [5, 5.41) is 0. The van der Waals surface area contributed by atoms with Gasteiger partial charge in [-0.15, -0.1) is 0 Å². The third kappa shape index (κ3) is 4.80. The van der Waals surface area contributed by atoms with Crippen molar-refractivity contribution in [3.8, 4) is 56.5 Å². The highest BCUT2D eigenvalue weighted by Gasteiger charge is 2.47. The lowest BCUT2D eigenvalue weighted by molar-refractivity contribution is 0.434. The van der Waals surface area contributed by atoms with Crippen LogP contribution in [-0.4, -0.2) is 15.0 Å². The first kappa shape index (κ1) is 30.0. The van der Waals surface area contributed by atoms with Crippen LogP contribution in [0, 0.1) is 0 Å². The van der Waals surface area contributed by atoms with E-state index in [0.29, 0.717) is 5.82 Å². The summed E-state index contributed by atoms with van der Waals surface area (Å²) in [4.78, 5) is 14.7. The highest BCUT2D eigenvalue weighted by molar-refractivity contribution is 5.85. The Balaban J connectivity index is 1.21. The van der Waals surface area contributed by atoms with Gasteiger partial charge in [-0.05, 0) is 63.7 Å². The largest absolute Gasteiger partial charge is 0.457 e. The van der Waals surface area contributed by atoms with Gasteiger partial charge in [-0.25, -0.2) is 9.97 Å². The number of para-hydroxylation sites is 2. The van der Waals surface area contributed by atoms with E-state index in [1.165, 1.54) is 16.7 Å². The van der Waals surface area contributed by atoms with Crippen molar-refractivity contribution < 1.29 is 4.74 Å². The number of hydrogen-bond donors (Lipinski definition) is 0. The third-order valence-corrected chi connectivity index (χ3v) is 10.3. The van der Waals surface area contributed by atoms with E-state index < -0.39 is 5.41 Å². The lowest BCUT2D eigenvalue weighted by Gasteiger charge is -2.42. The zero-order valence-corrected chi connectivity index (χ0v) is 28.1. The molecule has 0 atom stereocenters. The van der Waals surface area contributed by atoms with Gasteiger partial charge in [-0.1, -0.05) is 146 Å². The fraction of sp³-hybridized carbons (Fsp3) is 0.0208. The molecule has 4 nitrogen and oxygen atoms in total. The molecule has 244 valence electrons. The van der Waals surface area contributed by atoms with Gasteiger partial charge in [0.15, 0.2) is 5.82 Å². The second-order valence-corrected chi connectivity index (χ2v) is 13.2. The van der Waals surface area contributed by atoms with Crippen LogP contribution in [0.3, 0.4) is 0 Å². The first-order valence-electron chi connectivity index (χ1n) is 17.5. The maximum atomic E-state index is 6.61. The molecule has 1 aliphatic carbocycles. The van der Waals surface area contributed by atoms with Gasteiger partial charge in [0.05, 0.1) is 16.8 Å². The van der Waals surface area contributed by atoms with Crippen LogP contribution in [-0.2, 0) is 5.41 Å². The number of aromatic nitrogens is 3. The van der Waals surface area contributed by atoms with Crippen LogP contribution in [0.5, 0.6) is 11.5 Å². The molecular formula is C48H31N3O. The predicted molar refractivity (Wildman–Crippen MR) is 209 cm³/mol. The van der Waals surface area contributed by atoms with Crippen LogP contribution in [0.25, 0.3) is 57.2 Å². The summed E-state index contributed by atoms with van der Waals surface area (Å²) < 4.78 is 6.61. The van der Waals surface area contributed by atoms with Crippen molar-refractivity contribution in [1.29, 1.82) is 0 Å². The van der Waals surface area contributed by atoms with Gasteiger partial charge in [-0.2, -0.15) is 0 Å². The summed E-state index contributed by atoms with van der Waals surface area (Å²) in [7, 11) is 0. The summed E-state index contributed by atoms with van der Waals surface area (Å²) in [5.41, 5.74) is 13.2. The summed E-state index contributed by atoms with van der Waals surface area (Å²) in [5.74, 6) is 2.39. The number of hydrogen-bond acceptors (Lipinski definition) is 4. The third-order valence-electron chi connectivity index (χ3n) is 10.3. The van der Waals surface area contributed by atoms with Gasteiger partial charge in [0.2, 0.25) is 0 Å². The Morgan fingerprint density at radius 2 is 0.981 bits per heavy atom. The highest BCUT2D eigenvalue weighted by atomic mass is 16.5. The van der Waals surface area contributed by atoms with E-state index in [-0.39, 0.29) is 0 Å². The first-order valence-corrected chi connectivity index (χ1v) is 17.5. The van der Waals surface area contributed by atoms with Crippen LogP contribution >= 0.6 is 0 Å². The Morgan fingerprint density at radius 3 is 1.69 bits per heavy atom. The van der Waals surface area contributed by atoms with Crippen molar-refractivity contribution in [3.63, 3.8) is 0 Å². The number of nitrogens with zero attached hydrogens (tertiary/aromatic N) is 3. The summed E-state index contributed by atoms with van der Waals surface area (Å²) >= 11 is 0. The molecule has 1 aliphatic heterocycles. The van der Waals surface area contributed by atoms with Gasteiger partial charge in [0.1, 0.15) is 11.5 Å². The van der Waals surface area contributed by atoms with Crippen molar-refractivity contribution in [3.05, 3.63) is 210 Å². The summed E-state index contributed by atoms with van der Waals surface area (Å²) in [6.45, 7) is 0. The topological polar surface area (TPSA) is 47.9 Å². The van der Waals surface area contributed by atoms with Gasteiger partial charge >= 0.3 is 0 Å². The maximum absolute atomic E-state index is 6.61. The second kappa shape index (κ2) is 12.1. The van der Waals surface area contributed by atoms with E-state index in [2.05, 4.69) is 169 Å². The number of rotatable bonds is 4. The van der Waals surface area contributed by atoms with Crippen LogP contribution in [0.2, 0.25) is 0 Å². The molecular weight excluding hydrogens is 635 g/mol. The van der Waals surface area contributed by atoms with E-state index >= 15 is 0 Å². The molecule has 8 aromatic rings. The standard InChI is InChI=1S/C48H31N3O/c1-2-12-35(13-3-1)43-30-44(51-47(50-43)36-25-20-32(21-26-36)38-14-10-28-49-31-38)37-27-24-34-23-22-33-11-4-5-15-39(33)48(42(34)29-37)40-16-6-8-18-45(40)52-46-19-9-7-17-41(46)48/h1-31H. The predicted octanol–water partition coefficient (Wildman–Crippen LogP) is 11.5. The fourth-order valence-electron chi connectivity index (χ4n) is 7.90. The molecule has 6 aromatic carbocycles. The number of benzene rings is 6. The van der Waals surface area contributed by atoms with Gasteiger partial charge in [0, 0.05) is 40.2 Å². The van der Waals surface area contributed by atoms with Crippen molar-refractivity contribution in [2.24, 2.45) is 0 Å². The second-order valence-electron chi connectivity index (χ2n) is 13.2. The monoisotopic (exact) mass is 665 g/mol. The van der Waals surface area contributed by atoms with Crippen LogP contribution < -0.4 is 4.74 Å². The Kier molecular flexibility index (Phi) is 7.00. The van der Waals surface area contributed by atoms with E-state index in [4.69, 9.17) is 14.7 Å². The highest BCUT2D eigenvalue weighted by Crippen LogP contribution is 2.58. The van der Waals surface area contributed by atoms with E-state index in [9.17, 15) is 0 Å².